The zero-order chi connectivity index (χ0) is 15.4. The number of hydrogen-bond donors (Lipinski definition) is 0. The van der Waals surface area contributed by atoms with Gasteiger partial charge in [-0.2, -0.15) is 0 Å². The van der Waals surface area contributed by atoms with Crippen LogP contribution in [0, 0.1) is 11.8 Å². The highest BCUT2D eigenvalue weighted by atomic mass is 35.5. The van der Waals surface area contributed by atoms with Crippen LogP contribution in [0.3, 0.4) is 0 Å². The highest BCUT2D eigenvalue weighted by molar-refractivity contribution is 6.30. The van der Waals surface area contributed by atoms with E-state index in [4.69, 9.17) is 21.1 Å². The maximum atomic E-state index is 11.0. The quantitative estimate of drug-likeness (QED) is 0.784. The Kier molecular flexibility index (Phi) is 5.23. The predicted octanol–water partition coefficient (Wildman–Crippen LogP) is 3.19. The topological polar surface area (TPSA) is 52.6 Å². The molecule has 0 unspecified atom stereocenters. The summed E-state index contributed by atoms with van der Waals surface area (Å²) in [5, 5.41) is 0.700. The normalized spacial score (nSPS) is 24.0. The van der Waals surface area contributed by atoms with E-state index in [1.54, 1.807) is 0 Å². The Balaban J connectivity index is 2.01. The lowest BCUT2D eigenvalue weighted by atomic mass is 9.62. The van der Waals surface area contributed by atoms with Gasteiger partial charge in [0.1, 0.15) is 0 Å². The summed E-state index contributed by atoms with van der Waals surface area (Å²) in [5.74, 6) is 0.143. The van der Waals surface area contributed by atoms with E-state index in [2.05, 4.69) is 0 Å². The minimum atomic E-state index is -0.289. The lowest BCUT2D eigenvalue weighted by Gasteiger charge is -2.44. The maximum Gasteiger partial charge on any atom is 0.302 e. The zero-order valence-electron chi connectivity index (χ0n) is 12.2. The standard InChI is InChI=1S/C16H19ClO4/c1-10(18)20-8-13-7-15(16(13)9-21-11(2)19)12-3-5-14(17)6-4-12/h3-6,13,15-16H,7-9H2,1-2H3/t13-,15-,16+/m1/s1. The highest BCUT2D eigenvalue weighted by Crippen LogP contribution is 2.47. The van der Waals surface area contributed by atoms with Crippen molar-refractivity contribution in [2.24, 2.45) is 11.8 Å². The summed E-state index contributed by atoms with van der Waals surface area (Å²) in [4.78, 5) is 22.0. The Hall–Kier alpha value is -1.55. The molecule has 4 nitrogen and oxygen atoms in total. The van der Waals surface area contributed by atoms with Gasteiger partial charge in [0.2, 0.25) is 0 Å². The van der Waals surface area contributed by atoms with Crippen LogP contribution in [0.2, 0.25) is 5.02 Å². The first-order valence-electron chi connectivity index (χ1n) is 6.99. The number of esters is 2. The van der Waals surface area contributed by atoms with Crippen molar-refractivity contribution in [2.45, 2.75) is 26.2 Å². The van der Waals surface area contributed by atoms with E-state index < -0.39 is 0 Å². The number of ether oxygens (including phenoxy) is 2. The van der Waals surface area contributed by atoms with Gasteiger partial charge in [-0.25, -0.2) is 0 Å². The van der Waals surface area contributed by atoms with Gasteiger partial charge < -0.3 is 9.47 Å². The summed E-state index contributed by atoms with van der Waals surface area (Å²) in [6.45, 7) is 3.54. The average Bonchev–Trinajstić information content (AvgIpc) is 2.39. The van der Waals surface area contributed by atoms with Crippen LogP contribution in [-0.4, -0.2) is 25.2 Å². The fourth-order valence-corrected chi connectivity index (χ4v) is 2.91. The first-order chi connectivity index (χ1) is 9.97. The smallest absolute Gasteiger partial charge is 0.302 e. The van der Waals surface area contributed by atoms with Crippen LogP contribution >= 0.6 is 11.6 Å². The van der Waals surface area contributed by atoms with Crippen molar-refractivity contribution < 1.29 is 19.1 Å². The average molecular weight is 311 g/mol. The summed E-state index contributed by atoms with van der Waals surface area (Å²) in [6.07, 6.45) is 0.918. The molecular weight excluding hydrogens is 292 g/mol. The molecule has 0 amide bonds. The highest BCUT2D eigenvalue weighted by Gasteiger charge is 2.42. The summed E-state index contributed by atoms with van der Waals surface area (Å²) in [6, 6.07) is 7.71. The molecular formula is C16H19ClO4. The molecule has 0 N–H and O–H groups in total. The van der Waals surface area contributed by atoms with E-state index in [-0.39, 0.29) is 23.8 Å². The van der Waals surface area contributed by atoms with Crippen molar-refractivity contribution in [1.29, 1.82) is 0 Å². The van der Waals surface area contributed by atoms with Crippen LogP contribution in [0.15, 0.2) is 24.3 Å². The first-order valence-corrected chi connectivity index (χ1v) is 7.37. The number of carbonyl (C=O) groups excluding carboxylic acids is 2. The summed E-state index contributed by atoms with van der Waals surface area (Å²) in [7, 11) is 0. The van der Waals surface area contributed by atoms with Crippen molar-refractivity contribution in [3.05, 3.63) is 34.9 Å². The van der Waals surface area contributed by atoms with Gasteiger partial charge in [-0.15, -0.1) is 0 Å². The zero-order valence-corrected chi connectivity index (χ0v) is 12.9. The Morgan fingerprint density at radius 2 is 1.67 bits per heavy atom. The van der Waals surface area contributed by atoms with Crippen LogP contribution < -0.4 is 0 Å². The monoisotopic (exact) mass is 310 g/mol. The van der Waals surface area contributed by atoms with Crippen LogP contribution in [-0.2, 0) is 19.1 Å². The number of rotatable bonds is 5. The minimum Gasteiger partial charge on any atom is -0.466 e. The number of hydrogen-bond acceptors (Lipinski definition) is 4. The van der Waals surface area contributed by atoms with Gasteiger partial charge in [0.15, 0.2) is 0 Å². The second-order valence-corrected chi connectivity index (χ2v) is 5.86. The number of carbonyl (C=O) groups is 2. The van der Waals surface area contributed by atoms with Crippen molar-refractivity contribution in [2.75, 3.05) is 13.2 Å². The van der Waals surface area contributed by atoms with E-state index in [1.807, 2.05) is 24.3 Å². The fourth-order valence-electron chi connectivity index (χ4n) is 2.78. The summed E-state index contributed by atoms with van der Waals surface area (Å²) >= 11 is 5.90. The van der Waals surface area contributed by atoms with Crippen molar-refractivity contribution in [3.8, 4) is 0 Å². The first kappa shape index (κ1) is 15.8. The van der Waals surface area contributed by atoms with Crippen molar-refractivity contribution in [1.82, 2.24) is 0 Å². The van der Waals surface area contributed by atoms with Gasteiger partial charge >= 0.3 is 11.9 Å². The molecule has 0 aliphatic heterocycles. The molecule has 0 spiro atoms. The Morgan fingerprint density at radius 1 is 1.10 bits per heavy atom. The summed E-state index contributed by atoms with van der Waals surface area (Å²) in [5.41, 5.74) is 1.18. The summed E-state index contributed by atoms with van der Waals surface area (Å²) < 4.78 is 10.2. The van der Waals surface area contributed by atoms with Crippen LogP contribution in [0.1, 0.15) is 31.7 Å². The largest absolute Gasteiger partial charge is 0.466 e. The van der Waals surface area contributed by atoms with Gasteiger partial charge in [0.25, 0.3) is 0 Å². The van der Waals surface area contributed by atoms with Crippen molar-refractivity contribution in [3.63, 3.8) is 0 Å². The molecule has 3 atom stereocenters. The molecule has 114 valence electrons. The molecule has 0 bridgehead atoms. The number of benzene rings is 1. The van der Waals surface area contributed by atoms with E-state index in [0.717, 1.165) is 6.42 Å². The van der Waals surface area contributed by atoms with Gasteiger partial charge in [0.05, 0.1) is 13.2 Å². The van der Waals surface area contributed by atoms with Crippen molar-refractivity contribution >= 4 is 23.5 Å². The SMILES string of the molecule is CC(=O)OC[C@H]1C[C@H](c2ccc(Cl)cc2)[C@H]1COC(C)=O. The third-order valence-electron chi connectivity index (χ3n) is 3.96. The lowest BCUT2D eigenvalue weighted by molar-refractivity contribution is -0.151. The molecule has 2 rings (SSSR count). The molecule has 1 aromatic rings. The lowest BCUT2D eigenvalue weighted by Crippen LogP contribution is -2.41. The second-order valence-electron chi connectivity index (χ2n) is 5.42. The minimum absolute atomic E-state index is 0.175. The molecule has 1 fully saturated rings. The maximum absolute atomic E-state index is 11.0. The third kappa shape index (κ3) is 4.21. The van der Waals surface area contributed by atoms with Gasteiger partial charge in [-0.3, -0.25) is 9.59 Å². The van der Waals surface area contributed by atoms with E-state index in [1.165, 1.54) is 19.4 Å². The Labute approximate surface area is 129 Å². The molecule has 0 saturated heterocycles. The molecule has 21 heavy (non-hydrogen) atoms. The van der Waals surface area contributed by atoms with Crippen LogP contribution in [0.4, 0.5) is 0 Å². The molecule has 1 aliphatic rings. The van der Waals surface area contributed by atoms with E-state index >= 15 is 0 Å². The number of halogens is 1. The van der Waals surface area contributed by atoms with Crippen LogP contribution in [0.25, 0.3) is 0 Å². The second kappa shape index (κ2) is 6.94. The van der Waals surface area contributed by atoms with Crippen LogP contribution in [0.5, 0.6) is 0 Å². The molecule has 1 aromatic carbocycles. The van der Waals surface area contributed by atoms with Gasteiger partial charge in [0, 0.05) is 30.7 Å². The third-order valence-corrected chi connectivity index (χ3v) is 4.21. The fraction of sp³-hybridized carbons (Fsp3) is 0.500. The molecule has 0 heterocycles. The Morgan fingerprint density at radius 3 is 2.24 bits per heavy atom. The molecule has 1 aliphatic carbocycles. The van der Waals surface area contributed by atoms with Gasteiger partial charge in [-0.05, 0) is 30.0 Å². The van der Waals surface area contributed by atoms with E-state index in [0.29, 0.717) is 24.2 Å². The van der Waals surface area contributed by atoms with Gasteiger partial charge in [-0.1, -0.05) is 23.7 Å². The molecule has 5 heteroatoms. The molecule has 0 aromatic heterocycles. The van der Waals surface area contributed by atoms with E-state index in [9.17, 15) is 9.59 Å². The Bertz CT molecular complexity index is 512. The molecule has 1 saturated carbocycles. The molecule has 0 radical (unpaired) electrons. The predicted molar refractivity (Wildman–Crippen MR) is 79.1 cm³/mol.